The van der Waals surface area contributed by atoms with Crippen LogP contribution in [0, 0.1) is 6.92 Å². The second kappa shape index (κ2) is 8.96. The lowest BCUT2D eigenvalue weighted by molar-refractivity contribution is -0.121. The molecule has 1 amide bonds. The predicted molar refractivity (Wildman–Crippen MR) is 92.3 cm³/mol. The minimum Gasteiger partial charge on any atom is -0.497 e. The Morgan fingerprint density at radius 3 is 2.22 bits per heavy atom. The molecule has 0 unspecified atom stereocenters. The third kappa shape index (κ3) is 6.12. The van der Waals surface area contributed by atoms with Crippen molar-refractivity contribution in [2.45, 2.75) is 26.4 Å². The molecule has 0 aliphatic rings. The number of rotatable bonds is 8. The van der Waals surface area contributed by atoms with Gasteiger partial charge in [-0.05, 0) is 30.2 Å². The molecule has 2 aromatic rings. The number of benzene rings is 2. The van der Waals surface area contributed by atoms with Crippen LogP contribution in [-0.4, -0.2) is 19.6 Å². The van der Waals surface area contributed by atoms with Gasteiger partial charge in [0.15, 0.2) is 0 Å². The second-order valence-corrected chi connectivity index (χ2v) is 5.54. The molecule has 4 nitrogen and oxygen atoms in total. The Hall–Kier alpha value is -2.33. The Balaban J connectivity index is 1.61. The average Bonchev–Trinajstić information content (AvgIpc) is 2.59. The largest absolute Gasteiger partial charge is 0.497 e. The number of carbonyl (C=O) groups excluding carboxylic acids is 1. The van der Waals surface area contributed by atoms with E-state index in [-0.39, 0.29) is 5.91 Å². The van der Waals surface area contributed by atoms with Gasteiger partial charge in [0.05, 0.1) is 7.11 Å². The van der Waals surface area contributed by atoms with Gasteiger partial charge in [-0.2, -0.15) is 0 Å². The van der Waals surface area contributed by atoms with Gasteiger partial charge in [0.25, 0.3) is 0 Å². The van der Waals surface area contributed by atoms with Crippen LogP contribution < -0.4 is 15.4 Å². The highest BCUT2D eigenvalue weighted by atomic mass is 16.5. The number of aryl methyl sites for hydroxylation is 1. The Kier molecular flexibility index (Phi) is 6.63. The van der Waals surface area contributed by atoms with Gasteiger partial charge >= 0.3 is 0 Å². The summed E-state index contributed by atoms with van der Waals surface area (Å²) in [5.74, 6) is 0.914. The van der Waals surface area contributed by atoms with Gasteiger partial charge in [-0.1, -0.05) is 42.0 Å². The number of hydrogen-bond acceptors (Lipinski definition) is 3. The highest BCUT2D eigenvalue weighted by Gasteiger charge is 2.01. The smallest absolute Gasteiger partial charge is 0.221 e. The lowest BCUT2D eigenvalue weighted by atomic mass is 10.1. The van der Waals surface area contributed by atoms with Crippen molar-refractivity contribution in [3.63, 3.8) is 0 Å². The van der Waals surface area contributed by atoms with Crippen molar-refractivity contribution in [2.75, 3.05) is 13.7 Å². The Bertz CT molecular complexity index is 606. The molecule has 0 heterocycles. The first kappa shape index (κ1) is 17.0. The van der Waals surface area contributed by atoms with Crippen LogP contribution in [0.5, 0.6) is 5.75 Å². The van der Waals surface area contributed by atoms with E-state index in [9.17, 15) is 4.79 Å². The molecule has 122 valence electrons. The average molecular weight is 312 g/mol. The van der Waals surface area contributed by atoms with Crippen LogP contribution in [0.1, 0.15) is 23.1 Å². The summed E-state index contributed by atoms with van der Waals surface area (Å²) in [7, 11) is 1.66. The van der Waals surface area contributed by atoms with Crippen molar-refractivity contribution in [1.82, 2.24) is 10.6 Å². The molecular formula is C19H24N2O2. The van der Waals surface area contributed by atoms with Gasteiger partial charge in [0.1, 0.15) is 5.75 Å². The van der Waals surface area contributed by atoms with Gasteiger partial charge in [0, 0.05) is 26.1 Å². The maximum Gasteiger partial charge on any atom is 0.221 e. The predicted octanol–water partition coefficient (Wildman–Crippen LogP) is 2.80. The third-order valence-electron chi connectivity index (χ3n) is 3.63. The van der Waals surface area contributed by atoms with Gasteiger partial charge in [0.2, 0.25) is 5.91 Å². The summed E-state index contributed by atoms with van der Waals surface area (Å²) in [6.45, 7) is 4.04. The highest BCUT2D eigenvalue weighted by molar-refractivity contribution is 5.76. The number of carbonyl (C=O) groups is 1. The molecule has 2 rings (SSSR count). The SMILES string of the molecule is COc1ccc(CNCCC(=O)NCc2ccc(C)cc2)cc1. The summed E-state index contributed by atoms with van der Waals surface area (Å²) < 4.78 is 5.12. The van der Waals surface area contributed by atoms with Crippen molar-refractivity contribution >= 4 is 5.91 Å². The van der Waals surface area contributed by atoms with Crippen molar-refractivity contribution in [3.05, 3.63) is 65.2 Å². The summed E-state index contributed by atoms with van der Waals surface area (Å²) in [5, 5.41) is 6.21. The first-order valence-corrected chi connectivity index (χ1v) is 7.83. The molecule has 23 heavy (non-hydrogen) atoms. The molecule has 4 heteroatoms. The number of amides is 1. The van der Waals surface area contributed by atoms with Crippen LogP contribution in [-0.2, 0) is 17.9 Å². The lowest BCUT2D eigenvalue weighted by Crippen LogP contribution is -2.27. The van der Waals surface area contributed by atoms with Crippen molar-refractivity contribution in [3.8, 4) is 5.75 Å². The van der Waals surface area contributed by atoms with E-state index in [1.54, 1.807) is 7.11 Å². The number of ether oxygens (including phenoxy) is 1. The van der Waals surface area contributed by atoms with Crippen LogP contribution >= 0.6 is 0 Å². The highest BCUT2D eigenvalue weighted by Crippen LogP contribution is 2.10. The van der Waals surface area contributed by atoms with E-state index >= 15 is 0 Å². The van der Waals surface area contributed by atoms with Crippen molar-refractivity contribution in [1.29, 1.82) is 0 Å². The minimum absolute atomic E-state index is 0.0628. The Morgan fingerprint density at radius 2 is 1.57 bits per heavy atom. The van der Waals surface area contributed by atoms with E-state index in [0.29, 0.717) is 19.5 Å². The maximum absolute atomic E-state index is 11.8. The van der Waals surface area contributed by atoms with Gasteiger partial charge in [-0.25, -0.2) is 0 Å². The monoisotopic (exact) mass is 312 g/mol. The van der Waals surface area contributed by atoms with Crippen LogP contribution in [0.3, 0.4) is 0 Å². The van der Waals surface area contributed by atoms with E-state index < -0.39 is 0 Å². The zero-order valence-electron chi connectivity index (χ0n) is 13.8. The standard InChI is InChI=1S/C19H24N2O2/c1-15-3-5-17(6-4-15)14-21-19(22)11-12-20-13-16-7-9-18(23-2)10-8-16/h3-10,20H,11-14H2,1-2H3,(H,21,22). The molecule has 0 aliphatic carbocycles. The Morgan fingerprint density at radius 1 is 0.957 bits per heavy atom. The van der Waals surface area contributed by atoms with Gasteiger partial charge in [-0.15, -0.1) is 0 Å². The van der Waals surface area contributed by atoms with E-state index in [1.807, 2.05) is 36.4 Å². The zero-order chi connectivity index (χ0) is 16.5. The molecule has 2 N–H and O–H groups in total. The molecule has 0 atom stereocenters. The lowest BCUT2D eigenvalue weighted by Gasteiger charge is -2.07. The second-order valence-electron chi connectivity index (χ2n) is 5.54. The van der Waals surface area contributed by atoms with Crippen LogP contribution in [0.25, 0.3) is 0 Å². The quantitative estimate of drug-likeness (QED) is 0.737. The van der Waals surface area contributed by atoms with E-state index in [0.717, 1.165) is 17.9 Å². The Labute approximate surface area is 137 Å². The third-order valence-corrected chi connectivity index (χ3v) is 3.63. The maximum atomic E-state index is 11.8. The molecule has 0 radical (unpaired) electrons. The number of hydrogen-bond donors (Lipinski definition) is 2. The van der Waals surface area contributed by atoms with Gasteiger partial charge < -0.3 is 15.4 Å². The molecule has 0 fully saturated rings. The van der Waals surface area contributed by atoms with Crippen molar-refractivity contribution in [2.24, 2.45) is 0 Å². The van der Waals surface area contributed by atoms with Crippen molar-refractivity contribution < 1.29 is 9.53 Å². The van der Waals surface area contributed by atoms with Gasteiger partial charge in [-0.3, -0.25) is 4.79 Å². The first-order valence-electron chi connectivity index (χ1n) is 7.83. The fraction of sp³-hybridized carbons (Fsp3) is 0.316. The summed E-state index contributed by atoms with van der Waals surface area (Å²) >= 11 is 0. The molecule has 0 aromatic heterocycles. The fourth-order valence-corrected chi connectivity index (χ4v) is 2.17. The summed E-state index contributed by atoms with van der Waals surface area (Å²) in [4.78, 5) is 11.8. The molecule has 0 bridgehead atoms. The van der Waals surface area contributed by atoms with Crippen LogP contribution in [0.4, 0.5) is 0 Å². The fourth-order valence-electron chi connectivity index (χ4n) is 2.17. The minimum atomic E-state index is 0.0628. The summed E-state index contributed by atoms with van der Waals surface area (Å²) in [5.41, 5.74) is 3.52. The molecule has 0 saturated carbocycles. The molecule has 2 aromatic carbocycles. The number of nitrogens with one attached hydrogen (secondary N) is 2. The normalized spacial score (nSPS) is 10.3. The zero-order valence-corrected chi connectivity index (χ0v) is 13.8. The van der Waals surface area contributed by atoms with Crippen LogP contribution in [0.2, 0.25) is 0 Å². The molecule has 0 spiro atoms. The topological polar surface area (TPSA) is 50.4 Å². The van der Waals surface area contributed by atoms with E-state index in [2.05, 4.69) is 29.7 Å². The van der Waals surface area contributed by atoms with E-state index in [4.69, 9.17) is 4.74 Å². The molecule has 0 saturated heterocycles. The first-order chi connectivity index (χ1) is 11.2. The molecule has 0 aliphatic heterocycles. The van der Waals surface area contributed by atoms with Crippen LogP contribution in [0.15, 0.2) is 48.5 Å². The van der Waals surface area contributed by atoms with E-state index in [1.165, 1.54) is 11.1 Å². The summed E-state index contributed by atoms with van der Waals surface area (Å²) in [6, 6.07) is 16.1. The molecular weight excluding hydrogens is 288 g/mol. The number of methoxy groups -OCH3 is 1. The summed E-state index contributed by atoms with van der Waals surface area (Å²) in [6.07, 6.45) is 0.474.